The Morgan fingerprint density at radius 1 is 1.38 bits per heavy atom. The predicted molar refractivity (Wildman–Crippen MR) is 80.5 cm³/mol. The first-order valence-electron chi connectivity index (χ1n) is 6.85. The highest BCUT2D eigenvalue weighted by Gasteiger charge is 2.54. The van der Waals surface area contributed by atoms with Gasteiger partial charge in [0.25, 0.3) is 0 Å². The number of hydrogen-bond acceptors (Lipinski definition) is 3. The molecule has 0 amide bonds. The topological polar surface area (TPSA) is 74.7 Å². The lowest BCUT2D eigenvalue weighted by Gasteiger charge is -2.23. The summed E-state index contributed by atoms with van der Waals surface area (Å²) in [4.78, 5) is 11.6. The summed E-state index contributed by atoms with van der Waals surface area (Å²) in [6, 6.07) is 4.47. The fourth-order valence-corrected chi connectivity index (χ4v) is 6.20. The standard InChI is InChI=1S/C14H16BrNO4S/c1-8-6-9(15)2-5-13(8)21(19,20)16-10-3-4-12(16)11(7-10)14(17)18/h2,5-6,10-12H,3-4,7H2,1H3,(H,17,18). The minimum absolute atomic E-state index is 0.177. The molecule has 2 fully saturated rings. The Bertz CT molecular complexity index is 703. The minimum Gasteiger partial charge on any atom is -0.481 e. The van der Waals surface area contributed by atoms with Crippen molar-refractivity contribution in [1.82, 2.24) is 4.31 Å². The average Bonchev–Trinajstić information content (AvgIpc) is 2.96. The van der Waals surface area contributed by atoms with Crippen LogP contribution >= 0.6 is 15.9 Å². The molecule has 0 radical (unpaired) electrons. The van der Waals surface area contributed by atoms with Gasteiger partial charge in [0.05, 0.1) is 10.8 Å². The van der Waals surface area contributed by atoms with E-state index in [4.69, 9.17) is 0 Å². The molecule has 2 heterocycles. The molecule has 1 aromatic carbocycles. The zero-order chi connectivity index (χ0) is 15.4. The van der Waals surface area contributed by atoms with Gasteiger partial charge in [0, 0.05) is 16.6 Å². The highest BCUT2D eigenvalue weighted by molar-refractivity contribution is 9.10. The Balaban J connectivity index is 2.02. The van der Waals surface area contributed by atoms with Crippen molar-refractivity contribution >= 4 is 31.9 Å². The molecule has 7 heteroatoms. The molecule has 0 aliphatic carbocycles. The van der Waals surface area contributed by atoms with Crippen molar-refractivity contribution in [3.8, 4) is 0 Å². The number of benzene rings is 1. The normalized spacial score (nSPS) is 29.0. The number of carboxylic acid groups (broad SMARTS) is 1. The second-order valence-corrected chi connectivity index (χ2v) is 8.45. The van der Waals surface area contributed by atoms with Gasteiger partial charge in [-0.3, -0.25) is 4.79 Å². The molecule has 114 valence electrons. The van der Waals surface area contributed by atoms with Gasteiger partial charge in [-0.1, -0.05) is 15.9 Å². The van der Waals surface area contributed by atoms with E-state index < -0.39 is 28.0 Å². The first-order valence-corrected chi connectivity index (χ1v) is 9.08. The van der Waals surface area contributed by atoms with Crippen molar-refractivity contribution in [2.24, 2.45) is 5.92 Å². The lowest BCUT2D eigenvalue weighted by atomic mass is 9.89. The molecule has 5 nitrogen and oxygen atoms in total. The molecule has 2 aliphatic rings. The van der Waals surface area contributed by atoms with Gasteiger partial charge in [-0.05, 0) is 49.9 Å². The van der Waals surface area contributed by atoms with Crippen LogP contribution in [0.4, 0.5) is 0 Å². The van der Waals surface area contributed by atoms with Crippen LogP contribution in [0.2, 0.25) is 0 Å². The SMILES string of the molecule is Cc1cc(Br)ccc1S(=O)(=O)N1C2CCC1C(C(=O)O)C2. The average molecular weight is 374 g/mol. The molecule has 2 bridgehead atoms. The number of halogens is 1. The molecule has 3 rings (SSSR count). The summed E-state index contributed by atoms with van der Waals surface area (Å²) in [5.74, 6) is -1.47. The summed E-state index contributed by atoms with van der Waals surface area (Å²) >= 11 is 3.33. The lowest BCUT2D eigenvalue weighted by Crippen LogP contribution is -2.38. The van der Waals surface area contributed by atoms with Crippen LogP contribution in [0, 0.1) is 12.8 Å². The van der Waals surface area contributed by atoms with Crippen molar-refractivity contribution in [1.29, 1.82) is 0 Å². The number of carbonyl (C=O) groups is 1. The number of rotatable bonds is 3. The Labute approximate surface area is 132 Å². The molecule has 21 heavy (non-hydrogen) atoms. The van der Waals surface area contributed by atoms with Crippen molar-refractivity contribution in [2.45, 2.75) is 43.2 Å². The van der Waals surface area contributed by atoms with Crippen molar-refractivity contribution in [2.75, 3.05) is 0 Å². The highest BCUT2D eigenvalue weighted by atomic mass is 79.9. The summed E-state index contributed by atoms with van der Waals surface area (Å²) in [6.07, 6.45) is 1.81. The number of aliphatic carboxylic acids is 1. The molecular formula is C14H16BrNO4S. The largest absolute Gasteiger partial charge is 0.481 e. The zero-order valence-electron chi connectivity index (χ0n) is 11.5. The van der Waals surface area contributed by atoms with Gasteiger partial charge in [0.2, 0.25) is 10.0 Å². The van der Waals surface area contributed by atoms with E-state index in [2.05, 4.69) is 15.9 Å². The van der Waals surface area contributed by atoms with Crippen molar-refractivity contribution in [3.63, 3.8) is 0 Å². The first-order chi connectivity index (χ1) is 9.82. The second-order valence-electron chi connectivity index (χ2n) is 5.72. The Morgan fingerprint density at radius 3 is 2.67 bits per heavy atom. The monoisotopic (exact) mass is 373 g/mol. The predicted octanol–water partition coefficient (Wildman–Crippen LogP) is 2.38. The quantitative estimate of drug-likeness (QED) is 0.882. The maximum atomic E-state index is 12.9. The maximum absolute atomic E-state index is 12.9. The van der Waals surface area contributed by atoms with E-state index in [0.29, 0.717) is 18.4 Å². The van der Waals surface area contributed by atoms with Crippen LogP contribution in [0.1, 0.15) is 24.8 Å². The first kappa shape index (κ1) is 15.0. The van der Waals surface area contributed by atoms with Crippen LogP contribution in [0.3, 0.4) is 0 Å². The third kappa shape index (κ3) is 2.31. The van der Waals surface area contributed by atoms with E-state index in [9.17, 15) is 18.3 Å². The molecule has 1 aromatic rings. The molecule has 0 spiro atoms. The number of nitrogens with zero attached hydrogens (tertiary/aromatic N) is 1. The molecule has 3 atom stereocenters. The lowest BCUT2D eigenvalue weighted by molar-refractivity contribution is -0.142. The third-order valence-electron chi connectivity index (χ3n) is 4.48. The van der Waals surface area contributed by atoms with Crippen LogP contribution in [-0.4, -0.2) is 35.9 Å². The van der Waals surface area contributed by atoms with Gasteiger partial charge < -0.3 is 5.11 Å². The number of fused-ring (bicyclic) bond motifs is 2. The maximum Gasteiger partial charge on any atom is 0.308 e. The third-order valence-corrected chi connectivity index (χ3v) is 7.11. The molecule has 0 aromatic heterocycles. The van der Waals surface area contributed by atoms with Gasteiger partial charge in [-0.2, -0.15) is 4.31 Å². The van der Waals surface area contributed by atoms with Crippen LogP contribution in [-0.2, 0) is 14.8 Å². The van der Waals surface area contributed by atoms with E-state index >= 15 is 0 Å². The second kappa shape index (κ2) is 5.07. The summed E-state index contributed by atoms with van der Waals surface area (Å²) < 4.78 is 28.1. The number of sulfonamides is 1. The summed E-state index contributed by atoms with van der Waals surface area (Å²) in [5.41, 5.74) is 0.669. The van der Waals surface area contributed by atoms with Crippen LogP contribution < -0.4 is 0 Å². The smallest absolute Gasteiger partial charge is 0.308 e. The van der Waals surface area contributed by atoms with E-state index in [1.807, 2.05) is 0 Å². The van der Waals surface area contributed by atoms with Crippen molar-refractivity contribution < 1.29 is 18.3 Å². The van der Waals surface area contributed by atoms with Crippen molar-refractivity contribution in [3.05, 3.63) is 28.2 Å². The van der Waals surface area contributed by atoms with E-state index in [1.165, 1.54) is 4.31 Å². The van der Waals surface area contributed by atoms with Gasteiger partial charge in [-0.25, -0.2) is 8.42 Å². The minimum atomic E-state index is -3.64. The van der Waals surface area contributed by atoms with Crippen LogP contribution in [0.5, 0.6) is 0 Å². The highest BCUT2D eigenvalue weighted by Crippen LogP contribution is 2.45. The molecule has 2 aliphatic heterocycles. The Hall–Kier alpha value is -0.920. The van der Waals surface area contributed by atoms with Gasteiger partial charge in [0.15, 0.2) is 0 Å². The fourth-order valence-electron chi connectivity index (χ4n) is 3.59. The zero-order valence-corrected chi connectivity index (χ0v) is 13.9. The Morgan fingerprint density at radius 2 is 2.10 bits per heavy atom. The summed E-state index contributed by atoms with van der Waals surface area (Å²) in [5, 5.41) is 9.25. The van der Waals surface area contributed by atoms with Gasteiger partial charge >= 0.3 is 5.97 Å². The summed E-state index contributed by atoms with van der Waals surface area (Å²) in [7, 11) is -3.64. The molecule has 1 N–H and O–H groups in total. The van der Waals surface area contributed by atoms with E-state index in [0.717, 1.165) is 10.9 Å². The van der Waals surface area contributed by atoms with Gasteiger partial charge in [0.1, 0.15) is 0 Å². The number of hydrogen-bond donors (Lipinski definition) is 1. The van der Waals surface area contributed by atoms with Gasteiger partial charge in [-0.15, -0.1) is 0 Å². The summed E-state index contributed by atoms with van der Waals surface area (Å²) in [6.45, 7) is 1.75. The molecule has 0 saturated carbocycles. The van der Waals surface area contributed by atoms with Crippen LogP contribution in [0.25, 0.3) is 0 Å². The fraction of sp³-hybridized carbons (Fsp3) is 0.500. The number of carboxylic acids is 1. The van der Waals surface area contributed by atoms with E-state index in [-0.39, 0.29) is 10.9 Å². The molecule has 3 unspecified atom stereocenters. The number of aryl methyl sites for hydroxylation is 1. The van der Waals surface area contributed by atoms with E-state index in [1.54, 1.807) is 25.1 Å². The molecular weight excluding hydrogens is 358 g/mol. The Kier molecular flexibility index (Phi) is 3.62. The van der Waals surface area contributed by atoms with Crippen LogP contribution in [0.15, 0.2) is 27.6 Å². The molecule has 2 saturated heterocycles.